The third-order valence-corrected chi connectivity index (χ3v) is 5.72. The number of sulfonamides is 1. The van der Waals surface area contributed by atoms with E-state index in [2.05, 4.69) is 4.98 Å². The Kier molecular flexibility index (Phi) is 5.24. The van der Waals surface area contributed by atoms with E-state index in [0.717, 1.165) is 0 Å². The minimum Gasteiger partial charge on any atom is -0.304 e. The topological polar surface area (TPSA) is 81.1 Å². The number of nitrogens with zero attached hydrogens (tertiary/aromatic N) is 2. The Morgan fingerprint density at radius 3 is 2.46 bits per heavy atom. The van der Waals surface area contributed by atoms with Crippen molar-refractivity contribution in [2.45, 2.75) is 4.90 Å². The predicted molar refractivity (Wildman–Crippen MR) is 99.7 cm³/mol. The number of rotatable bonds is 4. The van der Waals surface area contributed by atoms with Crippen molar-refractivity contribution in [3.8, 4) is 5.69 Å². The van der Waals surface area contributed by atoms with Crippen LogP contribution >= 0.6 is 34.8 Å². The lowest BCUT2D eigenvalue weighted by molar-refractivity contribution is 0.0977. The minimum atomic E-state index is -4.13. The summed E-state index contributed by atoms with van der Waals surface area (Å²) in [7, 11) is -4.13. The molecular weight excluding hydrogens is 421 g/mol. The number of nitrogens with one attached hydrogen (secondary N) is 1. The van der Waals surface area contributed by atoms with Crippen molar-refractivity contribution in [2.75, 3.05) is 0 Å². The number of imidazole rings is 1. The van der Waals surface area contributed by atoms with Crippen LogP contribution in [-0.2, 0) is 10.0 Å². The highest BCUT2D eigenvalue weighted by atomic mass is 35.5. The van der Waals surface area contributed by atoms with Gasteiger partial charge in [-0.1, -0.05) is 46.9 Å². The molecule has 0 saturated carbocycles. The Hall–Kier alpha value is -2.06. The first kappa shape index (κ1) is 18.7. The van der Waals surface area contributed by atoms with Crippen LogP contribution in [0, 0.1) is 0 Å². The Labute approximate surface area is 164 Å². The fourth-order valence-electron chi connectivity index (χ4n) is 2.15. The van der Waals surface area contributed by atoms with Gasteiger partial charge in [0.25, 0.3) is 15.9 Å². The van der Waals surface area contributed by atoms with Crippen LogP contribution in [0.15, 0.2) is 59.9 Å². The molecule has 0 atom stereocenters. The van der Waals surface area contributed by atoms with E-state index in [0.29, 0.717) is 15.7 Å². The summed E-state index contributed by atoms with van der Waals surface area (Å²) >= 11 is 17.8. The van der Waals surface area contributed by atoms with Gasteiger partial charge in [-0.2, -0.15) is 0 Å². The molecule has 26 heavy (non-hydrogen) atoms. The van der Waals surface area contributed by atoms with Crippen molar-refractivity contribution in [3.63, 3.8) is 0 Å². The van der Waals surface area contributed by atoms with Gasteiger partial charge in [0.15, 0.2) is 0 Å². The standard InChI is InChI=1S/C16H10Cl3N3O3S/c17-10-5-6-14(12(19)7-10)22-8-13(20-9-22)16(23)21-26(24,25)15-4-2-1-3-11(15)18/h1-9H,(H,21,23). The van der Waals surface area contributed by atoms with Crippen LogP contribution in [0.3, 0.4) is 0 Å². The zero-order chi connectivity index (χ0) is 18.9. The number of hydrogen-bond acceptors (Lipinski definition) is 4. The maximum Gasteiger partial charge on any atom is 0.285 e. The summed E-state index contributed by atoms with van der Waals surface area (Å²) in [6, 6.07) is 10.6. The van der Waals surface area contributed by atoms with Gasteiger partial charge in [-0.15, -0.1) is 0 Å². The maximum atomic E-state index is 12.3. The molecule has 0 radical (unpaired) electrons. The number of benzene rings is 2. The van der Waals surface area contributed by atoms with Crippen LogP contribution in [-0.4, -0.2) is 23.9 Å². The Morgan fingerprint density at radius 1 is 1.04 bits per heavy atom. The molecular formula is C16H10Cl3N3O3S. The second-order valence-electron chi connectivity index (χ2n) is 5.13. The van der Waals surface area contributed by atoms with Crippen molar-refractivity contribution >= 4 is 50.7 Å². The molecule has 1 N–H and O–H groups in total. The molecule has 2 aromatic carbocycles. The molecule has 3 rings (SSSR count). The molecule has 0 bridgehead atoms. The zero-order valence-corrected chi connectivity index (χ0v) is 15.9. The summed E-state index contributed by atoms with van der Waals surface area (Å²) in [5, 5.41) is 0.819. The lowest BCUT2D eigenvalue weighted by Crippen LogP contribution is -2.31. The molecule has 0 aliphatic heterocycles. The molecule has 6 nitrogen and oxygen atoms in total. The quantitative estimate of drug-likeness (QED) is 0.679. The van der Waals surface area contributed by atoms with Gasteiger partial charge in [0.05, 0.1) is 15.7 Å². The number of amides is 1. The number of carbonyl (C=O) groups excluding carboxylic acids is 1. The molecule has 0 fully saturated rings. The molecule has 0 aliphatic carbocycles. The molecule has 0 unspecified atom stereocenters. The molecule has 10 heteroatoms. The average Bonchev–Trinajstić information content (AvgIpc) is 3.04. The van der Waals surface area contributed by atoms with Gasteiger partial charge in [-0.05, 0) is 30.3 Å². The first-order valence-corrected chi connectivity index (χ1v) is 9.71. The Balaban J connectivity index is 1.86. The summed E-state index contributed by atoms with van der Waals surface area (Å²) < 4.78 is 28.1. The third kappa shape index (κ3) is 3.86. The lowest BCUT2D eigenvalue weighted by Gasteiger charge is -2.07. The van der Waals surface area contributed by atoms with Crippen molar-refractivity contribution < 1.29 is 13.2 Å². The molecule has 0 spiro atoms. The summed E-state index contributed by atoms with van der Waals surface area (Å²) in [5.41, 5.74) is 0.434. The van der Waals surface area contributed by atoms with Gasteiger partial charge in [0.1, 0.15) is 16.9 Å². The molecule has 0 saturated heterocycles. The number of aromatic nitrogens is 2. The highest BCUT2D eigenvalue weighted by Crippen LogP contribution is 2.24. The Morgan fingerprint density at radius 2 is 1.77 bits per heavy atom. The van der Waals surface area contributed by atoms with Crippen molar-refractivity contribution in [1.82, 2.24) is 14.3 Å². The third-order valence-electron chi connectivity index (χ3n) is 3.36. The molecule has 1 amide bonds. The van der Waals surface area contributed by atoms with E-state index in [1.807, 2.05) is 4.72 Å². The van der Waals surface area contributed by atoms with Crippen molar-refractivity contribution in [2.24, 2.45) is 0 Å². The Bertz CT molecular complexity index is 1100. The van der Waals surface area contributed by atoms with Crippen LogP contribution < -0.4 is 4.72 Å². The van der Waals surface area contributed by atoms with Gasteiger partial charge in [-0.3, -0.25) is 4.79 Å². The van der Waals surface area contributed by atoms with E-state index in [1.165, 1.54) is 35.3 Å². The second kappa shape index (κ2) is 7.28. The smallest absolute Gasteiger partial charge is 0.285 e. The van der Waals surface area contributed by atoms with Crippen LogP contribution in [0.2, 0.25) is 15.1 Å². The van der Waals surface area contributed by atoms with Crippen LogP contribution in [0.1, 0.15) is 10.5 Å². The summed E-state index contributed by atoms with van der Waals surface area (Å²) in [5.74, 6) is -0.895. The molecule has 1 aromatic heterocycles. The van der Waals surface area contributed by atoms with Gasteiger partial charge in [0.2, 0.25) is 0 Å². The molecule has 3 aromatic rings. The highest BCUT2D eigenvalue weighted by Gasteiger charge is 2.22. The zero-order valence-electron chi connectivity index (χ0n) is 12.9. The number of carbonyl (C=O) groups is 1. The average molecular weight is 431 g/mol. The molecule has 134 valence electrons. The number of hydrogen-bond donors (Lipinski definition) is 1. The van der Waals surface area contributed by atoms with E-state index in [9.17, 15) is 13.2 Å². The molecule has 0 aliphatic rings. The predicted octanol–water partition coefficient (Wildman–Crippen LogP) is 3.95. The first-order chi connectivity index (χ1) is 12.3. The monoisotopic (exact) mass is 429 g/mol. The van der Waals surface area contributed by atoms with E-state index >= 15 is 0 Å². The van der Waals surface area contributed by atoms with Crippen molar-refractivity contribution in [1.29, 1.82) is 0 Å². The largest absolute Gasteiger partial charge is 0.304 e. The van der Waals surface area contributed by atoms with Crippen LogP contribution in [0.5, 0.6) is 0 Å². The minimum absolute atomic E-state index is 0.00581. The van der Waals surface area contributed by atoms with E-state index in [-0.39, 0.29) is 15.6 Å². The van der Waals surface area contributed by atoms with Gasteiger partial charge in [-0.25, -0.2) is 18.1 Å². The lowest BCUT2D eigenvalue weighted by atomic mass is 10.3. The van der Waals surface area contributed by atoms with Crippen LogP contribution in [0.4, 0.5) is 0 Å². The maximum absolute atomic E-state index is 12.3. The van der Waals surface area contributed by atoms with Crippen molar-refractivity contribution in [3.05, 3.63) is 75.8 Å². The number of halogens is 3. The summed E-state index contributed by atoms with van der Waals surface area (Å²) in [4.78, 5) is 16.0. The highest BCUT2D eigenvalue weighted by molar-refractivity contribution is 7.90. The van der Waals surface area contributed by atoms with E-state index in [1.54, 1.807) is 24.3 Å². The fraction of sp³-hybridized carbons (Fsp3) is 0. The van der Waals surface area contributed by atoms with E-state index in [4.69, 9.17) is 34.8 Å². The van der Waals surface area contributed by atoms with Gasteiger partial charge < -0.3 is 4.57 Å². The normalized spacial score (nSPS) is 11.3. The van der Waals surface area contributed by atoms with Crippen LogP contribution in [0.25, 0.3) is 5.69 Å². The summed E-state index contributed by atoms with van der Waals surface area (Å²) in [6.07, 6.45) is 2.69. The fourth-order valence-corrected chi connectivity index (χ4v) is 4.14. The molecule has 1 heterocycles. The summed E-state index contributed by atoms with van der Waals surface area (Å²) in [6.45, 7) is 0. The van der Waals surface area contributed by atoms with Gasteiger partial charge >= 0.3 is 0 Å². The van der Waals surface area contributed by atoms with Gasteiger partial charge in [0, 0.05) is 11.2 Å². The second-order valence-corrected chi connectivity index (χ2v) is 8.03. The first-order valence-electron chi connectivity index (χ1n) is 7.09. The SMILES string of the molecule is O=C(NS(=O)(=O)c1ccccc1Cl)c1cn(-c2ccc(Cl)cc2Cl)cn1. The van der Waals surface area contributed by atoms with E-state index < -0.39 is 15.9 Å².